The summed E-state index contributed by atoms with van der Waals surface area (Å²) in [7, 11) is 0. The highest BCUT2D eigenvalue weighted by Gasteiger charge is 2.19. The second kappa shape index (κ2) is 9.61. The first-order chi connectivity index (χ1) is 18.4. The van der Waals surface area contributed by atoms with Crippen molar-refractivity contribution in [1.29, 1.82) is 0 Å². The van der Waals surface area contributed by atoms with Crippen molar-refractivity contribution in [2.45, 2.75) is 9.79 Å². The van der Waals surface area contributed by atoms with E-state index in [0.29, 0.717) is 45.3 Å². The Bertz CT molecular complexity index is 1630. The van der Waals surface area contributed by atoms with Gasteiger partial charge in [-0.2, -0.15) is 0 Å². The summed E-state index contributed by atoms with van der Waals surface area (Å²) in [6, 6.07) is 14.6. The molecule has 0 spiro atoms. The normalized spacial score (nSPS) is 11.1. The number of benzene rings is 2. The maximum atomic E-state index is 10.4. The predicted molar refractivity (Wildman–Crippen MR) is 149 cm³/mol. The molecular formula is C25H19N9O2S2. The maximum Gasteiger partial charge on any atom is 0.218 e. The standard InChI is InChI=1S/C25H19N9O2S2/c35-22-18(12-3-1-5-14(37)7-12)29-24(33-22)31-20-16-9-26-10-17(16)21(28-11-27-20)32-25-30-19(23(36)34-25)13-4-2-6-15(38)8-13/h1-11,35-38H,(H4,27,28,29,30,31,32,33,34). The topological polar surface area (TPSA) is 161 Å². The molecule has 0 bridgehead atoms. The van der Waals surface area contributed by atoms with Crippen molar-refractivity contribution < 1.29 is 10.2 Å². The second-order valence-electron chi connectivity index (χ2n) is 8.22. The molecule has 2 aromatic carbocycles. The van der Waals surface area contributed by atoms with Crippen LogP contribution in [0.15, 0.2) is 77.0 Å². The molecule has 188 valence electrons. The minimum absolute atomic E-state index is 0.0963. The monoisotopic (exact) mass is 541 g/mol. The zero-order chi connectivity index (χ0) is 26.2. The largest absolute Gasteiger partial charge is 0.493 e. The molecule has 2 aliphatic rings. The summed E-state index contributed by atoms with van der Waals surface area (Å²) in [5, 5.41) is 27.1. The number of nitrogens with zero attached hydrogens (tertiary/aromatic N) is 5. The number of aromatic nitrogens is 7. The molecule has 0 fully saturated rings. The highest BCUT2D eigenvalue weighted by Crippen LogP contribution is 2.37. The van der Waals surface area contributed by atoms with Crippen molar-refractivity contribution in [1.82, 2.24) is 34.9 Å². The van der Waals surface area contributed by atoms with Crippen molar-refractivity contribution in [2.75, 3.05) is 10.6 Å². The highest BCUT2D eigenvalue weighted by molar-refractivity contribution is 7.80. The number of aromatic hydroxyl groups is 2. The Morgan fingerprint density at radius 3 is 1.61 bits per heavy atom. The van der Waals surface area contributed by atoms with Crippen LogP contribution in [0.4, 0.5) is 23.5 Å². The lowest BCUT2D eigenvalue weighted by Crippen LogP contribution is -1.97. The number of aromatic amines is 2. The molecule has 13 heteroatoms. The van der Waals surface area contributed by atoms with Crippen LogP contribution in [0.2, 0.25) is 0 Å². The van der Waals surface area contributed by atoms with E-state index in [-0.39, 0.29) is 23.7 Å². The lowest BCUT2D eigenvalue weighted by atomic mass is 10.2. The minimum atomic E-state index is -0.0963. The van der Waals surface area contributed by atoms with Gasteiger partial charge in [0.1, 0.15) is 29.4 Å². The molecule has 6 rings (SSSR count). The van der Waals surface area contributed by atoms with Crippen molar-refractivity contribution in [3.8, 4) is 45.4 Å². The average Bonchev–Trinajstić information content (AvgIpc) is 3.59. The van der Waals surface area contributed by atoms with E-state index in [1.165, 1.54) is 6.33 Å². The summed E-state index contributed by atoms with van der Waals surface area (Å²) in [6.45, 7) is 0. The number of hydrogen-bond donors (Lipinski definition) is 8. The molecule has 0 amide bonds. The first-order valence-electron chi connectivity index (χ1n) is 11.2. The number of H-pyrrole nitrogens is 2. The van der Waals surface area contributed by atoms with Gasteiger partial charge in [0.05, 0.1) is 0 Å². The minimum Gasteiger partial charge on any atom is -0.493 e. The van der Waals surface area contributed by atoms with Crippen molar-refractivity contribution in [3.63, 3.8) is 0 Å². The molecule has 2 aromatic heterocycles. The van der Waals surface area contributed by atoms with Crippen LogP contribution in [0.25, 0.3) is 33.6 Å². The molecule has 0 saturated heterocycles. The zero-order valence-corrected chi connectivity index (χ0v) is 21.2. The quantitative estimate of drug-likeness (QED) is 0.132. The van der Waals surface area contributed by atoms with Gasteiger partial charge in [-0.1, -0.05) is 24.3 Å². The Morgan fingerprint density at radius 2 is 1.16 bits per heavy atom. The lowest BCUT2D eigenvalue weighted by molar-refractivity contribution is 0.458. The van der Waals surface area contributed by atoms with E-state index in [4.69, 9.17) is 0 Å². The average molecular weight is 542 g/mol. The number of imidazole rings is 2. The summed E-state index contributed by atoms with van der Waals surface area (Å²) in [5.41, 5.74) is 3.44. The van der Waals surface area contributed by atoms with Crippen LogP contribution in [0.5, 0.6) is 11.8 Å². The Kier molecular flexibility index (Phi) is 5.98. The zero-order valence-electron chi connectivity index (χ0n) is 19.4. The third-order valence-corrected chi connectivity index (χ3v) is 6.22. The van der Waals surface area contributed by atoms with E-state index in [1.807, 2.05) is 36.4 Å². The summed E-state index contributed by atoms with van der Waals surface area (Å²) in [4.78, 5) is 29.1. The van der Waals surface area contributed by atoms with Crippen molar-refractivity contribution in [2.24, 2.45) is 0 Å². The molecule has 6 N–H and O–H groups in total. The van der Waals surface area contributed by atoms with Crippen LogP contribution >= 0.6 is 25.3 Å². The number of nitrogens with one attached hydrogen (secondary N) is 4. The molecule has 0 unspecified atom stereocenters. The van der Waals surface area contributed by atoms with E-state index in [2.05, 4.69) is 70.8 Å². The van der Waals surface area contributed by atoms with Gasteiger partial charge in [-0.3, -0.25) is 15.0 Å². The van der Waals surface area contributed by atoms with Gasteiger partial charge >= 0.3 is 0 Å². The Labute approximate surface area is 226 Å². The predicted octanol–water partition coefficient (Wildman–Crippen LogP) is 5.23. The third-order valence-electron chi connectivity index (χ3n) is 5.66. The molecule has 0 aliphatic carbocycles. The van der Waals surface area contributed by atoms with Crippen molar-refractivity contribution in [3.05, 3.63) is 67.3 Å². The van der Waals surface area contributed by atoms with Crippen LogP contribution in [0, 0.1) is 0 Å². The van der Waals surface area contributed by atoms with Gasteiger partial charge in [0, 0.05) is 44.4 Å². The molecular weight excluding hydrogens is 522 g/mol. The van der Waals surface area contributed by atoms with Gasteiger partial charge in [0.2, 0.25) is 23.7 Å². The van der Waals surface area contributed by atoms with Gasteiger partial charge in [-0.25, -0.2) is 19.9 Å². The van der Waals surface area contributed by atoms with Gasteiger partial charge in [0.25, 0.3) is 0 Å². The second-order valence-corrected chi connectivity index (χ2v) is 9.25. The third kappa shape index (κ3) is 4.55. The molecule has 4 heterocycles. The van der Waals surface area contributed by atoms with Gasteiger partial charge in [-0.05, 0) is 24.3 Å². The molecule has 4 aromatic rings. The van der Waals surface area contributed by atoms with Gasteiger partial charge in [-0.15, -0.1) is 25.3 Å². The smallest absolute Gasteiger partial charge is 0.218 e. The fourth-order valence-corrected chi connectivity index (χ4v) is 4.42. The van der Waals surface area contributed by atoms with Gasteiger partial charge in [0.15, 0.2) is 0 Å². The number of thiol groups is 2. The first-order valence-corrected chi connectivity index (χ1v) is 12.1. The molecule has 38 heavy (non-hydrogen) atoms. The number of anilines is 4. The van der Waals surface area contributed by atoms with Crippen molar-refractivity contribution >= 4 is 48.8 Å². The summed E-state index contributed by atoms with van der Waals surface area (Å²) in [5.74, 6) is 1.20. The molecule has 0 saturated carbocycles. The summed E-state index contributed by atoms with van der Waals surface area (Å²) >= 11 is 8.71. The molecule has 11 nitrogen and oxygen atoms in total. The van der Waals surface area contributed by atoms with E-state index < -0.39 is 0 Å². The summed E-state index contributed by atoms with van der Waals surface area (Å²) < 4.78 is 0. The van der Waals surface area contributed by atoms with Crippen LogP contribution in [-0.2, 0) is 0 Å². The van der Waals surface area contributed by atoms with E-state index in [0.717, 1.165) is 9.79 Å². The van der Waals surface area contributed by atoms with Crippen LogP contribution in [-0.4, -0.2) is 45.1 Å². The fourth-order valence-electron chi connectivity index (χ4n) is 3.97. The number of rotatable bonds is 6. The van der Waals surface area contributed by atoms with E-state index >= 15 is 0 Å². The molecule has 0 atom stereocenters. The fraction of sp³-hybridized carbons (Fsp3) is 0. The first kappa shape index (κ1) is 23.6. The Morgan fingerprint density at radius 1 is 0.684 bits per heavy atom. The molecule has 2 aliphatic heterocycles. The Hall–Kier alpha value is -4.75. The van der Waals surface area contributed by atoms with Crippen LogP contribution in [0.3, 0.4) is 0 Å². The lowest BCUT2D eigenvalue weighted by Gasteiger charge is -2.05. The summed E-state index contributed by atoms with van der Waals surface area (Å²) in [6.07, 6.45) is 4.64. The van der Waals surface area contributed by atoms with E-state index in [1.54, 1.807) is 24.5 Å². The number of fused-ring (bicyclic) bond motifs is 1. The van der Waals surface area contributed by atoms with Crippen LogP contribution in [0.1, 0.15) is 0 Å². The van der Waals surface area contributed by atoms with E-state index in [9.17, 15) is 10.2 Å². The number of hydrogen-bond acceptors (Lipinski definition) is 11. The maximum absolute atomic E-state index is 10.4. The highest BCUT2D eigenvalue weighted by atomic mass is 32.1. The molecule has 0 radical (unpaired) electrons. The van der Waals surface area contributed by atoms with Gasteiger partial charge < -0.3 is 20.8 Å². The SMILES string of the molecule is Oc1[nH]c(Nc2ncnc(Nc3nc(-c4cccc(S)c4)c(O)[nH]3)c3cncc2-3)nc1-c1cccc(S)c1. The van der Waals surface area contributed by atoms with Crippen LogP contribution < -0.4 is 10.6 Å². The Balaban J connectivity index is 1.28.